The number of aromatic nitrogens is 2. The maximum Gasteiger partial charge on any atom is 0.358 e. The van der Waals surface area contributed by atoms with Crippen LogP contribution in [0.1, 0.15) is 27.8 Å². The normalized spacial score (nSPS) is 10.6. The average molecular weight is 238 g/mol. The summed E-state index contributed by atoms with van der Waals surface area (Å²) >= 11 is 0. The number of carboxylic acid groups (broad SMARTS) is 1. The number of aromatic carboxylic acids is 1. The van der Waals surface area contributed by atoms with E-state index in [2.05, 4.69) is 14.7 Å². The van der Waals surface area contributed by atoms with Crippen molar-refractivity contribution in [3.05, 3.63) is 35.4 Å². The highest BCUT2D eigenvalue weighted by atomic mass is 16.5. The topological polar surface area (TPSA) is 98.6 Å². The van der Waals surface area contributed by atoms with Crippen LogP contribution in [0, 0.1) is 0 Å². The van der Waals surface area contributed by atoms with Crippen molar-refractivity contribution in [3.63, 3.8) is 0 Å². The summed E-state index contributed by atoms with van der Waals surface area (Å²) in [6.45, 7) is 0.124. The summed E-state index contributed by atoms with van der Waals surface area (Å²) in [5, 5.41) is 12.6. The Hall–Kier alpha value is -2.15. The van der Waals surface area contributed by atoms with Gasteiger partial charge in [0.25, 0.3) is 0 Å². The molecule has 2 aromatic rings. The molecule has 0 aliphatic carbocycles. The predicted molar refractivity (Wildman–Crippen MR) is 53.5 cm³/mol. The highest BCUT2D eigenvalue weighted by Gasteiger charge is 2.20. The van der Waals surface area contributed by atoms with Gasteiger partial charge in [0.05, 0.1) is 12.1 Å². The first-order valence-corrected chi connectivity index (χ1v) is 4.80. The lowest BCUT2D eigenvalue weighted by molar-refractivity contribution is 0.0689. The molecule has 0 radical (unpaired) electrons. The summed E-state index contributed by atoms with van der Waals surface area (Å²) in [7, 11) is 1.47. The van der Waals surface area contributed by atoms with E-state index in [1.54, 1.807) is 6.07 Å². The number of rotatable bonds is 5. The molecule has 0 amide bonds. The van der Waals surface area contributed by atoms with Gasteiger partial charge >= 0.3 is 5.97 Å². The fourth-order valence-corrected chi connectivity index (χ4v) is 1.37. The van der Waals surface area contributed by atoms with Crippen LogP contribution in [0.2, 0.25) is 0 Å². The van der Waals surface area contributed by atoms with Crippen LogP contribution in [0.4, 0.5) is 0 Å². The third-order valence-corrected chi connectivity index (χ3v) is 2.04. The van der Waals surface area contributed by atoms with Gasteiger partial charge in [-0.3, -0.25) is 0 Å². The van der Waals surface area contributed by atoms with Crippen molar-refractivity contribution in [2.45, 2.75) is 13.0 Å². The first-order valence-electron chi connectivity index (χ1n) is 4.80. The number of hydrogen-bond donors (Lipinski definition) is 1. The van der Waals surface area contributed by atoms with Gasteiger partial charge < -0.3 is 18.8 Å². The van der Waals surface area contributed by atoms with Crippen LogP contribution in [-0.2, 0) is 17.8 Å². The highest BCUT2D eigenvalue weighted by Crippen LogP contribution is 2.16. The molecule has 2 aromatic heterocycles. The molecule has 0 aliphatic rings. The Balaban J connectivity index is 2.27. The van der Waals surface area contributed by atoms with Gasteiger partial charge in [-0.15, -0.1) is 0 Å². The van der Waals surface area contributed by atoms with Crippen molar-refractivity contribution in [2.75, 3.05) is 7.11 Å². The number of methoxy groups -OCH3 is 1. The van der Waals surface area contributed by atoms with Crippen molar-refractivity contribution < 1.29 is 23.6 Å². The van der Waals surface area contributed by atoms with E-state index in [0.29, 0.717) is 5.69 Å². The largest absolute Gasteiger partial charge is 0.476 e. The minimum absolute atomic E-state index is 0.124. The molecule has 0 unspecified atom stereocenters. The minimum atomic E-state index is -1.14. The molecular formula is C10H10N2O5. The van der Waals surface area contributed by atoms with Crippen molar-refractivity contribution in [3.8, 4) is 0 Å². The van der Waals surface area contributed by atoms with Crippen molar-refractivity contribution >= 4 is 5.97 Å². The Morgan fingerprint density at radius 3 is 3.00 bits per heavy atom. The number of oxazole rings is 1. The van der Waals surface area contributed by atoms with Crippen LogP contribution < -0.4 is 0 Å². The van der Waals surface area contributed by atoms with Gasteiger partial charge in [-0.05, 0) is 0 Å². The van der Waals surface area contributed by atoms with Gasteiger partial charge in [0.2, 0.25) is 5.89 Å². The first kappa shape index (κ1) is 11.3. The van der Waals surface area contributed by atoms with Crippen LogP contribution in [0.5, 0.6) is 0 Å². The molecule has 2 rings (SSSR count). The number of hydrogen-bond acceptors (Lipinski definition) is 6. The lowest BCUT2D eigenvalue weighted by atomic mass is 10.2. The zero-order chi connectivity index (χ0) is 12.3. The zero-order valence-electron chi connectivity index (χ0n) is 9.04. The lowest BCUT2D eigenvalue weighted by Gasteiger charge is -1.93. The summed E-state index contributed by atoms with van der Waals surface area (Å²) in [6.07, 6.45) is 1.62. The van der Waals surface area contributed by atoms with E-state index in [-0.39, 0.29) is 30.4 Å². The van der Waals surface area contributed by atoms with E-state index in [1.165, 1.54) is 13.4 Å². The van der Waals surface area contributed by atoms with E-state index in [1.807, 2.05) is 0 Å². The molecule has 0 bridgehead atoms. The number of nitrogens with zero attached hydrogens (tertiary/aromatic N) is 2. The molecule has 2 heterocycles. The second-order valence-electron chi connectivity index (χ2n) is 3.29. The fourth-order valence-electron chi connectivity index (χ4n) is 1.37. The second-order valence-corrected chi connectivity index (χ2v) is 3.29. The molecule has 90 valence electrons. The van der Waals surface area contributed by atoms with Crippen LogP contribution >= 0.6 is 0 Å². The van der Waals surface area contributed by atoms with Crippen LogP contribution in [-0.4, -0.2) is 28.3 Å². The van der Waals surface area contributed by atoms with E-state index in [9.17, 15) is 4.79 Å². The Kier molecular flexibility index (Phi) is 3.20. The molecule has 0 aliphatic heterocycles. The Labute approximate surface area is 96.0 Å². The maximum atomic E-state index is 11.0. The molecule has 17 heavy (non-hydrogen) atoms. The third-order valence-electron chi connectivity index (χ3n) is 2.04. The molecule has 7 heteroatoms. The van der Waals surface area contributed by atoms with Gasteiger partial charge in [0.15, 0.2) is 5.69 Å². The van der Waals surface area contributed by atoms with Crippen molar-refractivity contribution in [1.82, 2.24) is 10.1 Å². The molecular weight excluding hydrogens is 228 g/mol. The second kappa shape index (κ2) is 4.79. The summed E-state index contributed by atoms with van der Waals surface area (Å²) in [5.41, 5.74) is 0.452. The number of carbonyl (C=O) groups is 1. The highest BCUT2D eigenvalue weighted by molar-refractivity contribution is 5.86. The average Bonchev–Trinajstić information content (AvgIpc) is 2.89. The maximum absolute atomic E-state index is 11.0. The summed E-state index contributed by atoms with van der Waals surface area (Å²) in [5.74, 6) is -0.684. The van der Waals surface area contributed by atoms with E-state index < -0.39 is 5.97 Å². The lowest BCUT2D eigenvalue weighted by Crippen LogP contribution is -2.02. The summed E-state index contributed by atoms with van der Waals surface area (Å²) in [6, 6.07) is 1.63. The van der Waals surface area contributed by atoms with Gasteiger partial charge in [0, 0.05) is 13.2 Å². The molecule has 0 spiro atoms. The first-order chi connectivity index (χ1) is 8.20. The third kappa shape index (κ3) is 2.51. The fraction of sp³-hybridized carbons (Fsp3) is 0.300. The molecule has 1 N–H and O–H groups in total. The van der Waals surface area contributed by atoms with E-state index in [0.717, 1.165) is 0 Å². The number of carboxylic acids is 1. The smallest absolute Gasteiger partial charge is 0.358 e. The van der Waals surface area contributed by atoms with E-state index >= 15 is 0 Å². The molecule has 7 nitrogen and oxygen atoms in total. The quantitative estimate of drug-likeness (QED) is 0.832. The van der Waals surface area contributed by atoms with Crippen molar-refractivity contribution in [2.24, 2.45) is 0 Å². The molecule has 0 atom stereocenters. The number of ether oxygens (including phenoxy) is 1. The Bertz CT molecular complexity index is 503. The predicted octanol–water partition coefficient (Wildman–Crippen LogP) is 1.10. The molecule has 0 saturated heterocycles. The van der Waals surface area contributed by atoms with Crippen LogP contribution in [0.3, 0.4) is 0 Å². The Morgan fingerprint density at radius 1 is 1.59 bits per heavy atom. The standard InChI is InChI=1S/C10H10N2O5/c1-15-5-8-11-9(10(13)14)7(17-8)4-6-2-3-16-12-6/h2-3H,4-5H2,1H3,(H,13,14). The molecule has 0 fully saturated rings. The van der Waals surface area contributed by atoms with Gasteiger partial charge in [-0.2, -0.15) is 0 Å². The van der Waals surface area contributed by atoms with Gasteiger partial charge in [-0.1, -0.05) is 5.16 Å². The van der Waals surface area contributed by atoms with Crippen molar-refractivity contribution in [1.29, 1.82) is 0 Å². The minimum Gasteiger partial charge on any atom is -0.476 e. The summed E-state index contributed by atoms with van der Waals surface area (Å²) < 4.78 is 14.8. The van der Waals surface area contributed by atoms with Gasteiger partial charge in [-0.25, -0.2) is 9.78 Å². The van der Waals surface area contributed by atoms with Crippen LogP contribution in [0.15, 0.2) is 21.3 Å². The summed E-state index contributed by atoms with van der Waals surface area (Å²) in [4.78, 5) is 14.8. The molecule has 0 aromatic carbocycles. The van der Waals surface area contributed by atoms with Crippen LogP contribution in [0.25, 0.3) is 0 Å². The Morgan fingerprint density at radius 2 is 2.41 bits per heavy atom. The SMILES string of the molecule is COCc1nc(C(=O)O)c(Cc2ccon2)o1. The molecule has 0 saturated carbocycles. The van der Waals surface area contributed by atoms with Gasteiger partial charge in [0.1, 0.15) is 18.6 Å². The zero-order valence-corrected chi connectivity index (χ0v) is 9.04. The monoisotopic (exact) mass is 238 g/mol. The van der Waals surface area contributed by atoms with E-state index in [4.69, 9.17) is 14.3 Å².